The lowest BCUT2D eigenvalue weighted by molar-refractivity contribution is -0.149. The van der Waals surface area contributed by atoms with Gasteiger partial charge in [-0.15, -0.1) is 0 Å². The number of anilines is 1. The molecule has 1 aromatic carbocycles. The first-order valence-electron chi connectivity index (χ1n) is 11.1. The lowest BCUT2D eigenvalue weighted by atomic mass is 10.0. The lowest BCUT2D eigenvalue weighted by Gasteiger charge is -2.26. The van der Waals surface area contributed by atoms with Crippen LogP contribution in [0.5, 0.6) is 5.75 Å². The van der Waals surface area contributed by atoms with Crippen molar-refractivity contribution in [1.82, 2.24) is 14.6 Å². The van der Waals surface area contributed by atoms with Gasteiger partial charge in [0.1, 0.15) is 23.8 Å². The van der Waals surface area contributed by atoms with Crippen LogP contribution in [-0.4, -0.2) is 50.6 Å². The Morgan fingerprint density at radius 1 is 1.17 bits per heavy atom. The van der Waals surface area contributed by atoms with Crippen molar-refractivity contribution in [2.75, 3.05) is 12.3 Å². The molecule has 0 amide bonds. The summed E-state index contributed by atoms with van der Waals surface area (Å²) in [5.41, 5.74) is 4.69. The molecular formula is C22H33N4O8P. The Labute approximate surface area is 203 Å². The van der Waals surface area contributed by atoms with Gasteiger partial charge in [-0.05, 0) is 45.4 Å². The normalized spacial score (nSPS) is 16.7. The summed E-state index contributed by atoms with van der Waals surface area (Å²) in [5.74, 6) is -1.20. The quantitative estimate of drug-likeness (QED) is 0.228. The van der Waals surface area contributed by atoms with Crippen LogP contribution in [0.15, 0.2) is 47.4 Å². The second-order valence-corrected chi connectivity index (χ2v) is 9.94. The molecule has 13 heteroatoms. The highest BCUT2D eigenvalue weighted by atomic mass is 31.2. The van der Waals surface area contributed by atoms with Crippen LogP contribution in [0.1, 0.15) is 40.3 Å². The molecule has 12 nitrogen and oxygen atoms in total. The molecule has 0 radical (unpaired) electrons. The van der Waals surface area contributed by atoms with Crippen molar-refractivity contribution in [3.05, 3.63) is 53.1 Å². The summed E-state index contributed by atoms with van der Waals surface area (Å²) in [6.07, 6.45) is -1.69. The Bertz CT molecular complexity index is 1060. The molecule has 0 saturated heterocycles. The maximum Gasteiger partial charge on any atom is 0.459 e. The van der Waals surface area contributed by atoms with E-state index in [-0.39, 0.29) is 30.7 Å². The van der Waals surface area contributed by atoms with E-state index in [0.717, 1.165) is 4.57 Å². The number of hydrogen-bond acceptors (Lipinski definition) is 10. The van der Waals surface area contributed by atoms with Crippen molar-refractivity contribution < 1.29 is 33.4 Å². The van der Waals surface area contributed by atoms with Crippen LogP contribution < -0.4 is 21.0 Å². The van der Waals surface area contributed by atoms with Gasteiger partial charge in [-0.1, -0.05) is 25.1 Å². The Morgan fingerprint density at radius 3 is 2.43 bits per heavy atom. The van der Waals surface area contributed by atoms with Gasteiger partial charge >= 0.3 is 19.4 Å². The van der Waals surface area contributed by atoms with Gasteiger partial charge in [-0.2, -0.15) is 10.1 Å². The number of nitrogens with one attached hydrogen (secondary N) is 1. The maximum atomic E-state index is 13.4. The first-order chi connectivity index (χ1) is 16.4. The molecule has 5 atom stereocenters. The molecule has 0 spiro atoms. The number of nitrogens with two attached hydrogens (primary N) is 1. The second kappa shape index (κ2) is 12.8. The van der Waals surface area contributed by atoms with Gasteiger partial charge in [0.2, 0.25) is 0 Å². The molecule has 0 fully saturated rings. The third-order valence-electron chi connectivity index (χ3n) is 4.91. The van der Waals surface area contributed by atoms with Gasteiger partial charge < -0.3 is 25.2 Å². The number of esters is 1. The van der Waals surface area contributed by atoms with Crippen molar-refractivity contribution in [2.45, 2.75) is 58.6 Å². The summed E-state index contributed by atoms with van der Waals surface area (Å²) in [6.45, 7) is 6.11. The second-order valence-electron chi connectivity index (χ2n) is 8.24. The van der Waals surface area contributed by atoms with E-state index >= 15 is 0 Å². The highest BCUT2D eigenvalue weighted by Crippen LogP contribution is 2.45. The number of hydrogen-bond donors (Lipinski definition) is 4. The predicted octanol–water partition coefficient (Wildman–Crippen LogP) is 1.84. The average molecular weight is 513 g/mol. The minimum Gasteiger partial charge on any atom is -0.462 e. The van der Waals surface area contributed by atoms with Gasteiger partial charge in [0.25, 0.3) is 0 Å². The molecule has 35 heavy (non-hydrogen) atoms. The first kappa shape index (κ1) is 28.5. The Balaban J connectivity index is 2.05. The number of aliphatic hydroxyl groups is 2. The highest BCUT2D eigenvalue weighted by Gasteiger charge is 2.33. The number of aromatic nitrogens is 2. The van der Waals surface area contributed by atoms with Crippen molar-refractivity contribution in [3.8, 4) is 5.75 Å². The molecule has 1 heterocycles. The Morgan fingerprint density at radius 2 is 1.83 bits per heavy atom. The number of aliphatic hydroxyl groups excluding tert-OH is 2. The van der Waals surface area contributed by atoms with Crippen LogP contribution in [0.4, 0.5) is 5.82 Å². The third kappa shape index (κ3) is 8.75. The monoisotopic (exact) mass is 512 g/mol. The number of benzene rings is 1. The van der Waals surface area contributed by atoms with Crippen LogP contribution in [0, 0.1) is 5.92 Å². The van der Waals surface area contributed by atoms with Crippen LogP contribution in [-0.2, 0) is 18.6 Å². The van der Waals surface area contributed by atoms with Crippen LogP contribution in [0.2, 0.25) is 0 Å². The van der Waals surface area contributed by atoms with Crippen LogP contribution in [0.3, 0.4) is 0 Å². The van der Waals surface area contributed by atoms with E-state index < -0.39 is 43.7 Å². The molecule has 0 aliphatic heterocycles. The van der Waals surface area contributed by atoms with E-state index in [9.17, 15) is 24.4 Å². The van der Waals surface area contributed by atoms with E-state index in [4.69, 9.17) is 19.5 Å². The van der Waals surface area contributed by atoms with Gasteiger partial charge in [0.15, 0.2) is 0 Å². The smallest absolute Gasteiger partial charge is 0.459 e. The lowest BCUT2D eigenvalue weighted by Crippen LogP contribution is -2.37. The van der Waals surface area contributed by atoms with E-state index in [2.05, 4.69) is 10.1 Å². The fourth-order valence-corrected chi connectivity index (χ4v) is 4.47. The SMILES string of the molecule is CC(C)OC(=O)C(C)NP(=O)(OCCC(O)C(C)C(O)n1ccc(N)nc1=O)Oc1ccccc1. The summed E-state index contributed by atoms with van der Waals surface area (Å²) < 4.78 is 30.5. The molecule has 0 aliphatic carbocycles. The summed E-state index contributed by atoms with van der Waals surface area (Å²) in [4.78, 5) is 27.7. The molecule has 2 aromatic rings. The third-order valence-corrected chi connectivity index (χ3v) is 6.59. The summed E-state index contributed by atoms with van der Waals surface area (Å²) >= 11 is 0. The topological polar surface area (TPSA) is 175 Å². The number of nitrogen functional groups attached to an aromatic ring is 1. The molecule has 5 unspecified atom stereocenters. The van der Waals surface area contributed by atoms with Crippen molar-refractivity contribution in [2.24, 2.45) is 5.92 Å². The van der Waals surface area contributed by atoms with Crippen LogP contribution >= 0.6 is 7.75 Å². The van der Waals surface area contributed by atoms with Crippen molar-refractivity contribution >= 4 is 19.5 Å². The molecular weight excluding hydrogens is 479 g/mol. The Kier molecular flexibility index (Phi) is 10.4. The van der Waals surface area contributed by atoms with E-state index in [1.54, 1.807) is 44.2 Å². The van der Waals surface area contributed by atoms with Crippen LogP contribution in [0.25, 0.3) is 0 Å². The van der Waals surface area contributed by atoms with E-state index in [1.165, 1.54) is 26.1 Å². The fraction of sp³-hybridized carbons (Fsp3) is 0.500. The summed E-state index contributed by atoms with van der Waals surface area (Å²) in [5, 5.41) is 23.6. The van der Waals surface area contributed by atoms with Gasteiger partial charge in [0, 0.05) is 12.1 Å². The zero-order valence-electron chi connectivity index (χ0n) is 20.1. The molecule has 0 bridgehead atoms. The maximum absolute atomic E-state index is 13.4. The minimum absolute atomic E-state index is 0.00762. The molecule has 194 valence electrons. The molecule has 2 rings (SSSR count). The largest absolute Gasteiger partial charge is 0.462 e. The standard InChI is InChI=1S/C22H33N4O8P/c1-14(2)33-21(29)16(4)25-35(31,34-17-8-6-5-7-9-17)32-13-11-18(27)15(3)20(28)26-12-10-19(23)24-22(26)30/h5-10,12,14-16,18,20,27-28H,11,13H2,1-4H3,(H,25,31)(H2,23,24,30). The fourth-order valence-electron chi connectivity index (χ4n) is 2.97. The van der Waals surface area contributed by atoms with Gasteiger partial charge in [0.05, 0.1) is 18.8 Å². The van der Waals surface area contributed by atoms with Crippen molar-refractivity contribution in [1.29, 1.82) is 0 Å². The van der Waals surface area contributed by atoms with Gasteiger partial charge in [-0.25, -0.2) is 9.36 Å². The zero-order valence-corrected chi connectivity index (χ0v) is 21.0. The molecule has 0 saturated carbocycles. The number of nitrogens with zero attached hydrogens (tertiary/aromatic N) is 2. The first-order valence-corrected chi connectivity index (χ1v) is 12.6. The molecule has 0 aliphatic rings. The number of ether oxygens (including phenoxy) is 1. The Hall–Kier alpha value is -2.76. The average Bonchev–Trinajstić information content (AvgIpc) is 2.78. The highest BCUT2D eigenvalue weighted by molar-refractivity contribution is 7.52. The molecule has 1 aromatic heterocycles. The van der Waals surface area contributed by atoms with Crippen molar-refractivity contribution in [3.63, 3.8) is 0 Å². The number of carbonyl (C=O) groups is 1. The number of rotatable bonds is 13. The molecule has 5 N–H and O–H groups in total. The zero-order chi connectivity index (χ0) is 26.2. The summed E-state index contributed by atoms with van der Waals surface area (Å²) in [7, 11) is -4.08. The number of carbonyl (C=O) groups excluding carboxylic acids is 1. The van der Waals surface area contributed by atoms with E-state index in [0.29, 0.717) is 0 Å². The summed E-state index contributed by atoms with van der Waals surface area (Å²) in [6, 6.07) is 8.58. The number of para-hydroxylation sites is 1. The van der Waals surface area contributed by atoms with E-state index in [1.807, 2.05) is 0 Å². The van der Waals surface area contributed by atoms with Gasteiger partial charge in [-0.3, -0.25) is 13.9 Å². The predicted molar refractivity (Wildman–Crippen MR) is 128 cm³/mol. The minimum atomic E-state index is -4.08.